The summed E-state index contributed by atoms with van der Waals surface area (Å²) >= 11 is 0. The molecular formula is C11H21NO2S. The maximum atomic E-state index is 11.3. The number of nitrogens with one attached hydrogen (secondary N) is 1. The first kappa shape index (κ1) is 14.5. The Kier molecular flexibility index (Phi) is 6.62. The molecule has 0 heterocycles. The van der Waals surface area contributed by atoms with Crippen LogP contribution in [0.5, 0.6) is 0 Å². The van der Waals surface area contributed by atoms with E-state index < -0.39 is 9.84 Å². The van der Waals surface area contributed by atoms with Crippen LogP contribution in [0.15, 0.2) is 0 Å². The summed E-state index contributed by atoms with van der Waals surface area (Å²) < 4.78 is 22.7. The first-order valence-electron chi connectivity index (χ1n) is 5.37. The second kappa shape index (κ2) is 6.86. The fourth-order valence-electron chi connectivity index (χ4n) is 1.39. The van der Waals surface area contributed by atoms with Crippen molar-refractivity contribution in [1.29, 1.82) is 0 Å². The van der Waals surface area contributed by atoms with Gasteiger partial charge >= 0.3 is 0 Å². The Morgan fingerprint density at radius 3 is 2.40 bits per heavy atom. The predicted molar refractivity (Wildman–Crippen MR) is 64.5 cm³/mol. The maximum absolute atomic E-state index is 11.3. The fourth-order valence-corrected chi connectivity index (χ4v) is 2.49. The van der Waals surface area contributed by atoms with Gasteiger partial charge in [-0.15, -0.1) is 6.42 Å². The monoisotopic (exact) mass is 231 g/mol. The van der Waals surface area contributed by atoms with E-state index in [1.165, 1.54) is 0 Å². The van der Waals surface area contributed by atoms with Gasteiger partial charge in [0.05, 0.1) is 11.8 Å². The Bertz CT molecular complexity index is 303. The van der Waals surface area contributed by atoms with Crippen molar-refractivity contribution in [2.24, 2.45) is 0 Å². The smallest absolute Gasteiger partial charge is 0.151 e. The van der Waals surface area contributed by atoms with Gasteiger partial charge in [-0.1, -0.05) is 26.2 Å². The van der Waals surface area contributed by atoms with Crippen LogP contribution in [0.3, 0.4) is 0 Å². The minimum atomic E-state index is -2.92. The lowest BCUT2D eigenvalue weighted by molar-refractivity contribution is 0.499. The van der Waals surface area contributed by atoms with Crippen LogP contribution in [0, 0.1) is 12.3 Å². The van der Waals surface area contributed by atoms with E-state index in [1.54, 1.807) is 6.92 Å². The second-order valence-electron chi connectivity index (χ2n) is 3.77. The molecule has 0 spiro atoms. The van der Waals surface area contributed by atoms with E-state index in [4.69, 9.17) is 6.42 Å². The maximum Gasteiger partial charge on any atom is 0.151 e. The summed E-state index contributed by atoms with van der Waals surface area (Å²) in [5.74, 6) is 2.98. The van der Waals surface area contributed by atoms with E-state index >= 15 is 0 Å². The zero-order chi connectivity index (χ0) is 11.9. The SMILES string of the molecule is C#CC(CCC)NC(C)CS(=O)(=O)CC. The molecule has 0 aromatic rings. The lowest BCUT2D eigenvalue weighted by Gasteiger charge is -2.18. The number of terminal acetylenes is 1. The molecule has 2 atom stereocenters. The molecule has 0 aliphatic rings. The van der Waals surface area contributed by atoms with Crippen molar-refractivity contribution in [3.05, 3.63) is 0 Å². The van der Waals surface area contributed by atoms with Crippen LogP contribution in [0.25, 0.3) is 0 Å². The van der Waals surface area contributed by atoms with Crippen LogP contribution < -0.4 is 5.32 Å². The summed E-state index contributed by atoms with van der Waals surface area (Å²) in [4.78, 5) is 0. The van der Waals surface area contributed by atoms with Gasteiger partial charge in [0.2, 0.25) is 0 Å². The third-order valence-electron chi connectivity index (χ3n) is 2.21. The molecule has 0 aliphatic heterocycles. The molecule has 4 heteroatoms. The van der Waals surface area contributed by atoms with Crippen molar-refractivity contribution in [2.75, 3.05) is 11.5 Å². The van der Waals surface area contributed by atoms with Gasteiger partial charge in [0.25, 0.3) is 0 Å². The third kappa shape index (κ3) is 6.53. The highest BCUT2D eigenvalue weighted by molar-refractivity contribution is 7.91. The lowest BCUT2D eigenvalue weighted by Crippen LogP contribution is -2.40. The van der Waals surface area contributed by atoms with Crippen LogP contribution in [-0.4, -0.2) is 32.0 Å². The lowest BCUT2D eigenvalue weighted by atomic mass is 10.1. The highest BCUT2D eigenvalue weighted by Crippen LogP contribution is 2.00. The van der Waals surface area contributed by atoms with Crippen molar-refractivity contribution >= 4 is 9.84 Å². The topological polar surface area (TPSA) is 46.2 Å². The Morgan fingerprint density at radius 1 is 1.40 bits per heavy atom. The number of sulfone groups is 1. The van der Waals surface area contributed by atoms with Crippen LogP contribution in [-0.2, 0) is 9.84 Å². The molecule has 1 N–H and O–H groups in total. The molecule has 0 amide bonds. The van der Waals surface area contributed by atoms with Crippen molar-refractivity contribution in [1.82, 2.24) is 5.32 Å². The predicted octanol–water partition coefficient (Wildman–Crippen LogP) is 1.20. The highest BCUT2D eigenvalue weighted by atomic mass is 32.2. The molecule has 3 nitrogen and oxygen atoms in total. The van der Waals surface area contributed by atoms with Gasteiger partial charge in [-0.2, -0.15) is 0 Å². The second-order valence-corrected chi connectivity index (χ2v) is 6.17. The molecule has 0 saturated heterocycles. The molecule has 2 unspecified atom stereocenters. The fraction of sp³-hybridized carbons (Fsp3) is 0.818. The first-order chi connectivity index (χ1) is 6.95. The first-order valence-corrected chi connectivity index (χ1v) is 7.19. The Hall–Kier alpha value is -0.530. The minimum Gasteiger partial charge on any atom is -0.300 e. The van der Waals surface area contributed by atoms with Gasteiger partial charge in [-0.05, 0) is 13.3 Å². The average Bonchev–Trinajstić information content (AvgIpc) is 2.16. The Labute approximate surface area is 93.6 Å². The third-order valence-corrected chi connectivity index (χ3v) is 4.10. The van der Waals surface area contributed by atoms with Crippen LogP contribution in [0.4, 0.5) is 0 Å². The molecule has 0 rings (SSSR count). The Morgan fingerprint density at radius 2 is 2.00 bits per heavy atom. The van der Waals surface area contributed by atoms with Gasteiger partial charge in [0, 0.05) is 11.8 Å². The van der Waals surface area contributed by atoms with E-state index in [-0.39, 0.29) is 23.6 Å². The van der Waals surface area contributed by atoms with Gasteiger partial charge in [-0.25, -0.2) is 8.42 Å². The largest absolute Gasteiger partial charge is 0.300 e. The van der Waals surface area contributed by atoms with E-state index in [1.807, 2.05) is 6.92 Å². The summed E-state index contributed by atoms with van der Waals surface area (Å²) in [6.07, 6.45) is 7.22. The molecule has 0 bridgehead atoms. The molecule has 15 heavy (non-hydrogen) atoms. The molecule has 0 radical (unpaired) electrons. The number of hydrogen-bond donors (Lipinski definition) is 1. The van der Waals surface area contributed by atoms with Crippen molar-refractivity contribution in [2.45, 2.75) is 45.7 Å². The van der Waals surface area contributed by atoms with Crippen LogP contribution in [0.2, 0.25) is 0 Å². The van der Waals surface area contributed by atoms with Crippen molar-refractivity contribution in [3.63, 3.8) is 0 Å². The molecule has 0 fully saturated rings. The average molecular weight is 231 g/mol. The van der Waals surface area contributed by atoms with E-state index in [0.717, 1.165) is 12.8 Å². The summed E-state index contributed by atoms with van der Waals surface area (Å²) in [5.41, 5.74) is 0. The summed E-state index contributed by atoms with van der Waals surface area (Å²) in [6.45, 7) is 5.57. The van der Waals surface area contributed by atoms with Gasteiger partial charge in [0.1, 0.15) is 0 Å². The van der Waals surface area contributed by atoms with Gasteiger partial charge in [0.15, 0.2) is 9.84 Å². The number of rotatable bonds is 7. The molecule has 0 aliphatic carbocycles. The molecule has 0 aromatic heterocycles. The molecule has 0 saturated carbocycles. The number of hydrogen-bond acceptors (Lipinski definition) is 3. The molecular weight excluding hydrogens is 210 g/mol. The zero-order valence-corrected chi connectivity index (χ0v) is 10.6. The summed E-state index contributed by atoms with van der Waals surface area (Å²) in [5, 5.41) is 3.14. The summed E-state index contributed by atoms with van der Waals surface area (Å²) in [7, 11) is -2.92. The zero-order valence-electron chi connectivity index (χ0n) is 9.79. The Balaban J connectivity index is 4.14. The normalized spacial score (nSPS) is 15.6. The minimum absolute atomic E-state index is 0.0166. The van der Waals surface area contributed by atoms with E-state index in [0.29, 0.717) is 0 Å². The van der Waals surface area contributed by atoms with Gasteiger partial charge in [-0.3, -0.25) is 0 Å². The van der Waals surface area contributed by atoms with E-state index in [9.17, 15) is 8.42 Å². The molecule has 88 valence electrons. The van der Waals surface area contributed by atoms with Crippen molar-refractivity contribution < 1.29 is 8.42 Å². The summed E-state index contributed by atoms with van der Waals surface area (Å²) in [6, 6.07) is -0.0976. The molecule has 0 aromatic carbocycles. The highest BCUT2D eigenvalue weighted by Gasteiger charge is 2.15. The quantitative estimate of drug-likeness (QED) is 0.670. The van der Waals surface area contributed by atoms with Crippen LogP contribution >= 0.6 is 0 Å². The standard InChI is InChI=1S/C11H21NO2S/c1-5-8-11(6-2)12-10(4)9-15(13,14)7-3/h2,10-12H,5,7-9H2,1,3-4H3. The van der Waals surface area contributed by atoms with E-state index in [2.05, 4.69) is 18.2 Å². The van der Waals surface area contributed by atoms with Gasteiger partial charge < -0.3 is 5.32 Å². The van der Waals surface area contributed by atoms with Crippen LogP contribution in [0.1, 0.15) is 33.6 Å². The van der Waals surface area contributed by atoms with Crippen molar-refractivity contribution in [3.8, 4) is 12.3 Å².